The maximum absolute atomic E-state index is 11.1. The lowest BCUT2D eigenvalue weighted by Crippen LogP contribution is -2.28. The Kier molecular flexibility index (Phi) is 3.77. The van der Waals surface area contributed by atoms with Gasteiger partial charge in [-0.25, -0.2) is 4.79 Å². The van der Waals surface area contributed by atoms with E-state index in [1.165, 1.54) is 0 Å². The molecule has 0 bridgehead atoms. The van der Waals surface area contributed by atoms with Gasteiger partial charge in [0.25, 0.3) is 0 Å². The minimum atomic E-state index is -0.215. The molecule has 0 atom stereocenters. The Morgan fingerprint density at radius 3 is 2.79 bits per heavy atom. The number of amides is 2. The molecule has 1 aromatic rings. The Morgan fingerprint density at radius 1 is 1.50 bits per heavy atom. The fourth-order valence-corrected chi connectivity index (χ4v) is 1.19. The predicted molar refractivity (Wildman–Crippen MR) is 58.9 cm³/mol. The maximum Gasteiger partial charge on any atom is 0.319 e. The number of rotatable bonds is 2. The molecule has 0 spiro atoms. The van der Waals surface area contributed by atoms with E-state index >= 15 is 0 Å². The van der Waals surface area contributed by atoms with Crippen molar-refractivity contribution in [2.24, 2.45) is 0 Å². The molecule has 0 heterocycles. The highest BCUT2D eigenvalue weighted by Gasteiger charge is 2.01. The van der Waals surface area contributed by atoms with Gasteiger partial charge in [-0.15, -0.1) is 0 Å². The van der Waals surface area contributed by atoms with Crippen molar-refractivity contribution in [2.75, 3.05) is 11.9 Å². The first-order chi connectivity index (χ1) is 6.63. The lowest BCUT2D eigenvalue weighted by Gasteiger charge is -2.06. The van der Waals surface area contributed by atoms with Crippen molar-refractivity contribution in [2.45, 2.75) is 13.8 Å². The number of carbonyl (C=O) groups excluding carboxylic acids is 1. The highest BCUT2D eigenvalue weighted by atomic mass is 35.5. The summed E-state index contributed by atoms with van der Waals surface area (Å²) in [5, 5.41) is 5.96. The lowest BCUT2D eigenvalue weighted by atomic mass is 10.2. The molecule has 0 aromatic heterocycles. The van der Waals surface area contributed by atoms with Crippen molar-refractivity contribution in [3.63, 3.8) is 0 Å². The molecule has 14 heavy (non-hydrogen) atoms. The van der Waals surface area contributed by atoms with Crippen LogP contribution in [0.5, 0.6) is 0 Å². The van der Waals surface area contributed by atoms with Gasteiger partial charge in [0.2, 0.25) is 0 Å². The van der Waals surface area contributed by atoms with E-state index in [1.54, 1.807) is 6.07 Å². The molecule has 0 aliphatic heterocycles. The van der Waals surface area contributed by atoms with Crippen molar-refractivity contribution >= 4 is 23.3 Å². The van der Waals surface area contributed by atoms with Crippen LogP contribution in [0.3, 0.4) is 0 Å². The van der Waals surface area contributed by atoms with Gasteiger partial charge in [-0.1, -0.05) is 17.7 Å². The zero-order valence-electron chi connectivity index (χ0n) is 8.23. The third kappa shape index (κ3) is 2.92. The van der Waals surface area contributed by atoms with E-state index in [0.717, 1.165) is 5.56 Å². The van der Waals surface area contributed by atoms with Gasteiger partial charge in [0.15, 0.2) is 0 Å². The number of urea groups is 1. The number of halogens is 1. The summed E-state index contributed by atoms with van der Waals surface area (Å²) in [6.07, 6.45) is 0. The van der Waals surface area contributed by atoms with Gasteiger partial charge in [0.1, 0.15) is 0 Å². The van der Waals surface area contributed by atoms with Crippen molar-refractivity contribution in [3.8, 4) is 0 Å². The average molecular weight is 213 g/mol. The Morgan fingerprint density at radius 2 is 2.21 bits per heavy atom. The largest absolute Gasteiger partial charge is 0.338 e. The Labute approximate surface area is 88.5 Å². The van der Waals surface area contributed by atoms with E-state index in [0.29, 0.717) is 17.3 Å². The maximum atomic E-state index is 11.1. The molecule has 0 fully saturated rings. The summed E-state index contributed by atoms with van der Waals surface area (Å²) >= 11 is 5.90. The molecule has 0 saturated heterocycles. The third-order valence-electron chi connectivity index (χ3n) is 1.77. The van der Waals surface area contributed by atoms with Crippen LogP contribution >= 0.6 is 11.6 Å². The second kappa shape index (κ2) is 4.86. The molecule has 0 radical (unpaired) electrons. The topological polar surface area (TPSA) is 41.1 Å². The minimum Gasteiger partial charge on any atom is -0.338 e. The summed E-state index contributed by atoms with van der Waals surface area (Å²) in [4.78, 5) is 11.1. The van der Waals surface area contributed by atoms with Crippen LogP contribution in [-0.4, -0.2) is 12.6 Å². The second-order valence-corrected chi connectivity index (χ2v) is 3.36. The van der Waals surface area contributed by atoms with Crippen LogP contribution in [0.25, 0.3) is 0 Å². The molecule has 76 valence electrons. The number of benzene rings is 1. The van der Waals surface area contributed by atoms with E-state index in [4.69, 9.17) is 11.6 Å². The third-order valence-corrected chi connectivity index (χ3v) is 2.17. The normalized spacial score (nSPS) is 9.64. The quantitative estimate of drug-likeness (QED) is 0.778. The first-order valence-corrected chi connectivity index (χ1v) is 4.82. The van der Waals surface area contributed by atoms with E-state index in [2.05, 4.69) is 10.6 Å². The molecule has 4 heteroatoms. The zero-order chi connectivity index (χ0) is 10.6. The number of anilines is 1. The van der Waals surface area contributed by atoms with Gasteiger partial charge >= 0.3 is 6.03 Å². The van der Waals surface area contributed by atoms with Crippen LogP contribution in [-0.2, 0) is 0 Å². The van der Waals surface area contributed by atoms with Crippen LogP contribution in [0.2, 0.25) is 5.02 Å². The number of hydrogen-bond acceptors (Lipinski definition) is 1. The summed E-state index contributed by atoms with van der Waals surface area (Å²) in [5.41, 5.74) is 1.69. The van der Waals surface area contributed by atoms with Crippen molar-refractivity contribution in [3.05, 3.63) is 28.8 Å². The molecule has 2 N–H and O–H groups in total. The SMILES string of the molecule is CCNC(=O)Nc1ccc(C)c(Cl)c1. The summed E-state index contributed by atoms with van der Waals surface area (Å²) in [7, 11) is 0. The van der Waals surface area contributed by atoms with Crippen LogP contribution in [0.1, 0.15) is 12.5 Å². The number of aryl methyl sites for hydroxylation is 1. The smallest absolute Gasteiger partial charge is 0.319 e. The first-order valence-electron chi connectivity index (χ1n) is 4.44. The van der Waals surface area contributed by atoms with E-state index in [-0.39, 0.29) is 6.03 Å². The summed E-state index contributed by atoms with van der Waals surface area (Å²) in [5.74, 6) is 0. The van der Waals surface area contributed by atoms with Crippen LogP contribution < -0.4 is 10.6 Å². The molecular formula is C10H13ClN2O. The van der Waals surface area contributed by atoms with Crippen LogP contribution in [0, 0.1) is 6.92 Å². The van der Waals surface area contributed by atoms with Gasteiger partial charge in [0, 0.05) is 17.3 Å². The predicted octanol–water partition coefficient (Wildman–Crippen LogP) is 2.79. The van der Waals surface area contributed by atoms with Gasteiger partial charge in [-0.2, -0.15) is 0 Å². The van der Waals surface area contributed by atoms with Gasteiger partial charge in [-0.05, 0) is 31.5 Å². The molecule has 0 unspecified atom stereocenters. The summed E-state index contributed by atoms with van der Waals surface area (Å²) in [6.45, 7) is 4.38. The molecule has 3 nitrogen and oxygen atoms in total. The van der Waals surface area contributed by atoms with Crippen molar-refractivity contribution in [1.29, 1.82) is 0 Å². The van der Waals surface area contributed by atoms with Crippen LogP contribution in [0.4, 0.5) is 10.5 Å². The standard InChI is InChI=1S/C10H13ClN2O/c1-3-12-10(14)13-8-5-4-7(2)9(11)6-8/h4-6H,3H2,1-2H3,(H2,12,13,14). The molecule has 0 saturated carbocycles. The van der Waals surface area contributed by atoms with Crippen molar-refractivity contribution in [1.82, 2.24) is 5.32 Å². The summed E-state index contributed by atoms with van der Waals surface area (Å²) in [6, 6.07) is 5.19. The van der Waals surface area contributed by atoms with Gasteiger partial charge < -0.3 is 10.6 Å². The zero-order valence-corrected chi connectivity index (χ0v) is 8.98. The molecule has 1 rings (SSSR count). The average Bonchev–Trinajstić information content (AvgIpc) is 2.12. The molecular weight excluding hydrogens is 200 g/mol. The molecule has 1 aromatic carbocycles. The van der Waals surface area contributed by atoms with Gasteiger partial charge in [0.05, 0.1) is 0 Å². The minimum absolute atomic E-state index is 0.215. The van der Waals surface area contributed by atoms with Gasteiger partial charge in [-0.3, -0.25) is 0 Å². The number of hydrogen-bond donors (Lipinski definition) is 2. The number of carbonyl (C=O) groups is 1. The highest BCUT2D eigenvalue weighted by molar-refractivity contribution is 6.31. The van der Waals surface area contributed by atoms with E-state index in [1.807, 2.05) is 26.0 Å². The molecule has 0 aliphatic rings. The van der Waals surface area contributed by atoms with Crippen LogP contribution in [0.15, 0.2) is 18.2 Å². The highest BCUT2D eigenvalue weighted by Crippen LogP contribution is 2.19. The van der Waals surface area contributed by atoms with E-state index < -0.39 is 0 Å². The Balaban J connectivity index is 2.68. The molecule has 0 aliphatic carbocycles. The monoisotopic (exact) mass is 212 g/mol. The summed E-state index contributed by atoms with van der Waals surface area (Å²) < 4.78 is 0. The Hall–Kier alpha value is -1.22. The van der Waals surface area contributed by atoms with Crippen molar-refractivity contribution < 1.29 is 4.79 Å². The first kappa shape index (κ1) is 10.9. The Bertz CT molecular complexity index is 339. The fourth-order valence-electron chi connectivity index (χ4n) is 1.01. The lowest BCUT2D eigenvalue weighted by molar-refractivity contribution is 0.252. The second-order valence-electron chi connectivity index (χ2n) is 2.95. The number of nitrogens with one attached hydrogen (secondary N) is 2. The van der Waals surface area contributed by atoms with E-state index in [9.17, 15) is 4.79 Å². The molecule has 2 amide bonds. The fraction of sp³-hybridized carbons (Fsp3) is 0.300.